The number of piperazine rings is 1. The maximum Gasteiger partial charge on any atom is 0.333 e. The third-order valence-corrected chi connectivity index (χ3v) is 8.33. The fourth-order valence-corrected chi connectivity index (χ4v) is 5.75. The molecule has 33 heavy (non-hydrogen) atoms. The van der Waals surface area contributed by atoms with Gasteiger partial charge in [0.1, 0.15) is 0 Å². The average Bonchev–Trinajstić information content (AvgIpc) is 2.98. The molecule has 1 heterocycles. The maximum absolute atomic E-state index is 12.6. The van der Waals surface area contributed by atoms with Gasteiger partial charge < -0.3 is 14.5 Å². The molecule has 186 valence electrons. The first kappa shape index (κ1) is 26.2. The number of hydrogen-bond donors (Lipinski definition) is 0. The molecule has 1 saturated heterocycles. The number of carbonyl (C=O) groups excluding carboxylic acids is 2. The summed E-state index contributed by atoms with van der Waals surface area (Å²) in [6.07, 6.45) is 10.6. The van der Waals surface area contributed by atoms with E-state index in [9.17, 15) is 9.59 Å². The van der Waals surface area contributed by atoms with Crippen molar-refractivity contribution in [2.24, 2.45) is 17.8 Å². The summed E-state index contributed by atoms with van der Waals surface area (Å²) in [5.74, 6) is 1.03. The van der Waals surface area contributed by atoms with Crippen LogP contribution in [0.1, 0.15) is 78.1 Å². The molecule has 2 fully saturated rings. The monoisotopic (exact) mass is 458 g/mol. The van der Waals surface area contributed by atoms with Crippen LogP contribution in [0.2, 0.25) is 0 Å². The van der Waals surface area contributed by atoms with Crippen LogP contribution in [0.15, 0.2) is 23.3 Å². The van der Waals surface area contributed by atoms with Gasteiger partial charge in [-0.05, 0) is 75.9 Å². The largest absolute Gasteiger partial charge is 0.462 e. The van der Waals surface area contributed by atoms with Gasteiger partial charge in [-0.15, -0.1) is 0 Å². The Morgan fingerprint density at radius 3 is 2.39 bits per heavy atom. The summed E-state index contributed by atoms with van der Waals surface area (Å²) >= 11 is 0. The summed E-state index contributed by atoms with van der Waals surface area (Å²) in [6, 6.07) is 0. The summed E-state index contributed by atoms with van der Waals surface area (Å²) in [7, 11) is 2.20. The van der Waals surface area contributed by atoms with E-state index in [2.05, 4.69) is 30.4 Å². The number of allylic oxidation sites excluding steroid dienone is 2. The van der Waals surface area contributed by atoms with Crippen LogP contribution in [0.3, 0.4) is 0 Å². The zero-order valence-corrected chi connectivity index (χ0v) is 21.4. The molecule has 0 spiro atoms. The van der Waals surface area contributed by atoms with Crippen LogP contribution in [0.4, 0.5) is 0 Å². The first-order valence-corrected chi connectivity index (χ1v) is 13.4. The third kappa shape index (κ3) is 7.51. The summed E-state index contributed by atoms with van der Waals surface area (Å²) in [5.41, 5.74) is 2.81. The molecule has 0 aromatic heterocycles. The molecule has 0 radical (unpaired) electrons. The molecule has 5 heteroatoms. The summed E-state index contributed by atoms with van der Waals surface area (Å²) in [4.78, 5) is 29.8. The fourth-order valence-electron chi connectivity index (χ4n) is 5.75. The number of unbranched alkanes of at least 4 members (excludes halogenated alkanes) is 5. The van der Waals surface area contributed by atoms with Crippen LogP contribution in [-0.2, 0) is 14.3 Å². The van der Waals surface area contributed by atoms with Gasteiger partial charge in [0.05, 0.1) is 6.61 Å². The van der Waals surface area contributed by atoms with Gasteiger partial charge in [-0.2, -0.15) is 0 Å². The van der Waals surface area contributed by atoms with Crippen molar-refractivity contribution in [2.45, 2.75) is 78.1 Å². The molecule has 3 aliphatic rings. The van der Waals surface area contributed by atoms with Crippen LogP contribution in [0, 0.1) is 17.8 Å². The number of nitrogens with zero attached hydrogens (tertiary/aromatic N) is 2. The Bertz CT molecular complexity index is 721. The van der Waals surface area contributed by atoms with Crippen molar-refractivity contribution >= 4 is 11.8 Å². The third-order valence-electron chi connectivity index (χ3n) is 8.33. The van der Waals surface area contributed by atoms with Gasteiger partial charge in [0.2, 0.25) is 0 Å². The first-order valence-electron chi connectivity index (χ1n) is 13.4. The molecule has 1 unspecified atom stereocenters. The number of likely N-dealkylation sites (N-methyl/N-ethyl adjacent to an activating group) is 1. The molecule has 0 N–H and O–H groups in total. The smallest absolute Gasteiger partial charge is 0.333 e. The highest BCUT2D eigenvalue weighted by atomic mass is 16.5. The standard InChI is InChI=1S/C28H46N2O3/c1-21-11-12-24(19-26-23(3)27(31)20-25(21)26)22(2)28(32)33-18-10-8-6-5-7-9-13-30-16-14-29(4)15-17-30/h21,24-25H,2,5-20H2,1,3-4H3/t21-,24?,25-/m1/s1. The number of ether oxygens (including phenoxy) is 1. The van der Waals surface area contributed by atoms with Crippen molar-refractivity contribution < 1.29 is 14.3 Å². The number of hydrogen-bond acceptors (Lipinski definition) is 5. The van der Waals surface area contributed by atoms with Crippen molar-refractivity contribution in [1.29, 1.82) is 0 Å². The molecule has 3 rings (SSSR count). The quantitative estimate of drug-likeness (QED) is 0.247. The lowest BCUT2D eigenvalue weighted by molar-refractivity contribution is -0.139. The molecule has 3 atom stereocenters. The second-order valence-corrected chi connectivity index (χ2v) is 10.8. The molecule has 1 aliphatic heterocycles. The highest BCUT2D eigenvalue weighted by molar-refractivity contribution is 5.98. The Hall–Kier alpha value is -1.46. The van der Waals surface area contributed by atoms with E-state index < -0.39 is 0 Å². The fraction of sp³-hybridized carbons (Fsp3) is 0.786. The van der Waals surface area contributed by atoms with Gasteiger partial charge in [0.15, 0.2) is 5.78 Å². The summed E-state index contributed by atoms with van der Waals surface area (Å²) in [6.45, 7) is 14.9. The molecule has 2 aliphatic carbocycles. The molecule has 0 amide bonds. The first-order chi connectivity index (χ1) is 15.9. The lowest BCUT2D eigenvalue weighted by Gasteiger charge is -2.32. The minimum absolute atomic E-state index is 0.112. The van der Waals surface area contributed by atoms with Crippen LogP contribution in [-0.4, -0.2) is 67.9 Å². The van der Waals surface area contributed by atoms with Crippen molar-refractivity contribution in [3.8, 4) is 0 Å². The van der Waals surface area contributed by atoms with Crippen molar-refractivity contribution in [2.75, 3.05) is 46.4 Å². The Morgan fingerprint density at radius 1 is 1.00 bits per heavy atom. The molecule has 0 aromatic rings. The van der Waals surface area contributed by atoms with Crippen molar-refractivity contribution in [3.05, 3.63) is 23.3 Å². The predicted octanol–water partition coefficient (Wildman–Crippen LogP) is 5.02. The van der Waals surface area contributed by atoms with E-state index >= 15 is 0 Å². The highest BCUT2D eigenvalue weighted by Gasteiger charge is 2.38. The molecule has 5 nitrogen and oxygen atoms in total. The highest BCUT2D eigenvalue weighted by Crippen LogP contribution is 2.45. The minimum Gasteiger partial charge on any atom is -0.462 e. The van der Waals surface area contributed by atoms with E-state index in [1.807, 2.05) is 6.92 Å². The van der Waals surface area contributed by atoms with E-state index in [-0.39, 0.29) is 17.7 Å². The van der Waals surface area contributed by atoms with E-state index in [1.165, 1.54) is 64.0 Å². The Balaban J connectivity index is 1.26. The van der Waals surface area contributed by atoms with E-state index in [1.54, 1.807) is 0 Å². The SMILES string of the molecule is C=C(C(=O)OCCCCCCCCN1CCN(C)CC1)C1CC[C@@H](C)[C@H]2CC(=O)C(C)=C2C1. The number of carbonyl (C=O) groups is 2. The summed E-state index contributed by atoms with van der Waals surface area (Å²) in [5, 5.41) is 0. The van der Waals surface area contributed by atoms with E-state index in [0.717, 1.165) is 37.7 Å². The van der Waals surface area contributed by atoms with Gasteiger partial charge in [-0.1, -0.05) is 44.8 Å². The molecule has 0 bridgehead atoms. The number of esters is 1. The van der Waals surface area contributed by atoms with Crippen LogP contribution in [0.5, 0.6) is 0 Å². The van der Waals surface area contributed by atoms with Crippen LogP contribution in [0.25, 0.3) is 0 Å². The zero-order valence-electron chi connectivity index (χ0n) is 21.4. The van der Waals surface area contributed by atoms with E-state index in [4.69, 9.17) is 4.74 Å². The molecular weight excluding hydrogens is 412 g/mol. The maximum atomic E-state index is 12.6. The normalized spacial score (nSPS) is 26.9. The lowest BCUT2D eigenvalue weighted by atomic mass is 9.86. The Morgan fingerprint density at radius 2 is 1.67 bits per heavy atom. The average molecular weight is 459 g/mol. The van der Waals surface area contributed by atoms with Crippen molar-refractivity contribution in [3.63, 3.8) is 0 Å². The Kier molecular flexibility index (Phi) is 10.2. The number of rotatable bonds is 11. The van der Waals surface area contributed by atoms with Crippen LogP contribution >= 0.6 is 0 Å². The van der Waals surface area contributed by atoms with Crippen molar-refractivity contribution in [1.82, 2.24) is 9.80 Å². The second kappa shape index (κ2) is 12.9. The van der Waals surface area contributed by atoms with Gasteiger partial charge in [0, 0.05) is 38.2 Å². The van der Waals surface area contributed by atoms with Crippen LogP contribution < -0.4 is 0 Å². The van der Waals surface area contributed by atoms with Gasteiger partial charge in [-0.3, -0.25) is 4.79 Å². The number of fused-ring (bicyclic) bond motifs is 1. The lowest BCUT2D eigenvalue weighted by Crippen LogP contribution is -2.44. The molecule has 0 aromatic carbocycles. The second-order valence-electron chi connectivity index (χ2n) is 10.8. The number of ketones is 1. The number of Topliss-reactive ketones (excluding diaryl/α,β-unsaturated/α-hetero) is 1. The molecular formula is C28H46N2O3. The predicted molar refractivity (Wildman–Crippen MR) is 134 cm³/mol. The molecule has 1 saturated carbocycles. The minimum atomic E-state index is -0.235. The van der Waals surface area contributed by atoms with Gasteiger partial charge in [-0.25, -0.2) is 4.79 Å². The van der Waals surface area contributed by atoms with Gasteiger partial charge >= 0.3 is 5.97 Å². The van der Waals surface area contributed by atoms with Gasteiger partial charge in [0.25, 0.3) is 0 Å². The zero-order chi connectivity index (χ0) is 23.8. The topological polar surface area (TPSA) is 49.9 Å². The van der Waals surface area contributed by atoms with E-state index in [0.29, 0.717) is 30.4 Å². The Labute approximate surface area is 201 Å². The summed E-state index contributed by atoms with van der Waals surface area (Å²) < 4.78 is 5.57.